The zero-order valence-electron chi connectivity index (χ0n) is 12.4. The molecule has 0 aliphatic heterocycles. The maximum absolute atomic E-state index is 6.21. The summed E-state index contributed by atoms with van der Waals surface area (Å²) in [6, 6.07) is 8.09. The lowest BCUT2D eigenvalue weighted by molar-refractivity contribution is 0.560. The van der Waals surface area contributed by atoms with Crippen molar-refractivity contribution in [2.24, 2.45) is 7.05 Å². The van der Waals surface area contributed by atoms with Crippen LogP contribution >= 0.6 is 11.6 Å². The van der Waals surface area contributed by atoms with Gasteiger partial charge in [0.05, 0.1) is 6.20 Å². The van der Waals surface area contributed by atoms with E-state index in [-0.39, 0.29) is 6.04 Å². The molecule has 1 N–H and O–H groups in total. The first kappa shape index (κ1) is 14.2. The normalized spacial score (nSPS) is 13.0. The second-order valence-electron chi connectivity index (χ2n) is 5.26. The topological polar surface area (TPSA) is 43.0 Å². The maximum Gasteiger partial charge on any atom is 0.199 e. The van der Waals surface area contributed by atoms with Gasteiger partial charge in [-0.05, 0) is 31.5 Å². The number of aryl methyl sites for hydroxylation is 1. The van der Waals surface area contributed by atoms with Gasteiger partial charge in [0.15, 0.2) is 5.22 Å². The van der Waals surface area contributed by atoms with Crippen LogP contribution in [0.25, 0.3) is 11.0 Å². The number of para-hydroxylation sites is 1. The third-order valence-corrected chi connectivity index (χ3v) is 4.28. The predicted octanol–water partition coefficient (Wildman–Crippen LogP) is 3.98. The van der Waals surface area contributed by atoms with E-state index in [1.165, 1.54) is 5.56 Å². The molecule has 3 aromatic rings. The highest BCUT2D eigenvalue weighted by molar-refractivity contribution is 6.30. The Kier molecular flexibility index (Phi) is 3.74. The fourth-order valence-electron chi connectivity index (χ4n) is 2.54. The van der Waals surface area contributed by atoms with E-state index in [0.29, 0.717) is 11.8 Å². The summed E-state index contributed by atoms with van der Waals surface area (Å²) >= 11 is 6.21. The molecule has 4 nitrogen and oxygen atoms in total. The first-order valence-corrected chi connectivity index (χ1v) is 7.33. The van der Waals surface area contributed by atoms with Gasteiger partial charge in [0.1, 0.15) is 5.58 Å². The van der Waals surface area contributed by atoms with Crippen molar-refractivity contribution in [2.75, 3.05) is 0 Å². The summed E-state index contributed by atoms with van der Waals surface area (Å²) in [5.41, 5.74) is 4.18. The molecule has 2 heterocycles. The van der Waals surface area contributed by atoms with E-state index >= 15 is 0 Å². The summed E-state index contributed by atoms with van der Waals surface area (Å²) in [5, 5.41) is 9.29. The van der Waals surface area contributed by atoms with Crippen LogP contribution in [0.15, 0.2) is 34.9 Å². The molecule has 1 aromatic carbocycles. The second-order valence-corrected chi connectivity index (χ2v) is 5.61. The molecular formula is C16H18ClN3O. The summed E-state index contributed by atoms with van der Waals surface area (Å²) in [6.07, 6.45) is 1.90. The first-order valence-electron chi connectivity index (χ1n) is 6.95. The van der Waals surface area contributed by atoms with Crippen molar-refractivity contribution in [2.45, 2.75) is 26.4 Å². The van der Waals surface area contributed by atoms with Crippen molar-refractivity contribution in [3.05, 3.63) is 52.5 Å². The molecule has 3 rings (SSSR count). The summed E-state index contributed by atoms with van der Waals surface area (Å²) in [7, 11) is 1.95. The number of furan rings is 1. The summed E-state index contributed by atoms with van der Waals surface area (Å²) in [4.78, 5) is 0. The highest BCUT2D eigenvalue weighted by Crippen LogP contribution is 2.30. The number of aromatic nitrogens is 2. The van der Waals surface area contributed by atoms with Gasteiger partial charge in [0, 0.05) is 41.8 Å². The molecule has 0 bridgehead atoms. The minimum absolute atomic E-state index is 0.198. The first-order chi connectivity index (χ1) is 10.1. The van der Waals surface area contributed by atoms with Gasteiger partial charge in [-0.25, -0.2) is 0 Å². The highest BCUT2D eigenvalue weighted by atomic mass is 35.5. The Morgan fingerprint density at radius 3 is 2.86 bits per heavy atom. The Morgan fingerprint density at radius 1 is 1.38 bits per heavy atom. The third-order valence-electron chi connectivity index (χ3n) is 3.97. The number of hydrogen-bond donors (Lipinski definition) is 1. The lowest BCUT2D eigenvalue weighted by atomic mass is 10.1. The molecule has 1 unspecified atom stereocenters. The number of benzene rings is 1. The predicted molar refractivity (Wildman–Crippen MR) is 84.4 cm³/mol. The van der Waals surface area contributed by atoms with Gasteiger partial charge in [-0.1, -0.05) is 18.2 Å². The molecule has 0 saturated heterocycles. The molecule has 2 aromatic heterocycles. The Labute approximate surface area is 128 Å². The van der Waals surface area contributed by atoms with E-state index in [4.69, 9.17) is 16.0 Å². The Hall–Kier alpha value is -1.78. The van der Waals surface area contributed by atoms with Gasteiger partial charge >= 0.3 is 0 Å². The summed E-state index contributed by atoms with van der Waals surface area (Å²) < 4.78 is 7.46. The van der Waals surface area contributed by atoms with E-state index < -0.39 is 0 Å². The minimum atomic E-state index is 0.198. The average Bonchev–Trinajstić information content (AvgIpc) is 2.97. The van der Waals surface area contributed by atoms with Gasteiger partial charge in [-0.15, -0.1) is 0 Å². The van der Waals surface area contributed by atoms with Gasteiger partial charge in [0.25, 0.3) is 0 Å². The van der Waals surface area contributed by atoms with Crippen LogP contribution in [-0.4, -0.2) is 9.78 Å². The van der Waals surface area contributed by atoms with Crippen LogP contribution < -0.4 is 5.32 Å². The number of nitrogens with zero attached hydrogens (tertiary/aromatic N) is 2. The van der Waals surface area contributed by atoms with Crippen molar-refractivity contribution in [3.8, 4) is 0 Å². The average molecular weight is 304 g/mol. The summed E-state index contributed by atoms with van der Waals surface area (Å²) in [6.45, 7) is 4.85. The molecule has 0 spiro atoms. The monoisotopic (exact) mass is 303 g/mol. The standard InChI is InChI=1S/C16H18ClN3O/c1-10(13-9-19-20(3)11(13)2)18-8-14-12-6-4-5-7-15(12)21-16(14)17/h4-7,9-10,18H,8H2,1-3H3. The van der Waals surface area contributed by atoms with E-state index in [9.17, 15) is 0 Å². The molecule has 21 heavy (non-hydrogen) atoms. The van der Waals surface area contributed by atoms with Crippen molar-refractivity contribution in [1.29, 1.82) is 0 Å². The number of fused-ring (bicyclic) bond motifs is 1. The van der Waals surface area contributed by atoms with Crippen LogP contribution in [-0.2, 0) is 13.6 Å². The van der Waals surface area contributed by atoms with E-state index in [2.05, 4.69) is 24.3 Å². The molecule has 5 heteroatoms. The van der Waals surface area contributed by atoms with Gasteiger partial charge in [0.2, 0.25) is 0 Å². The minimum Gasteiger partial charge on any atom is -0.444 e. The smallest absolute Gasteiger partial charge is 0.199 e. The molecule has 0 amide bonds. The van der Waals surface area contributed by atoms with Crippen molar-refractivity contribution < 1.29 is 4.42 Å². The molecule has 110 valence electrons. The maximum atomic E-state index is 6.21. The molecule has 0 saturated carbocycles. The Balaban J connectivity index is 1.80. The molecule has 1 atom stereocenters. The van der Waals surface area contributed by atoms with Gasteiger partial charge in [-0.2, -0.15) is 5.10 Å². The lowest BCUT2D eigenvalue weighted by Gasteiger charge is -2.13. The van der Waals surface area contributed by atoms with Crippen molar-refractivity contribution in [1.82, 2.24) is 15.1 Å². The number of halogens is 1. The Morgan fingerprint density at radius 2 is 2.14 bits per heavy atom. The fraction of sp³-hybridized carbons (Fsp3) is 0.312. The lowest BCUT2D eigenvalue weighted by Crippen LogP contribution is -2.18. The van der Waals surface area contributed by atoms with Crippen LogP contribution in [0.1, 0.15) is 29.8 Å². The molecule has 0 aliphatic rings. The number of rotatable bonds is 4. The zero-order valence-corrected chi connectivity index (χ0v) is 13.1. The molecule has 0 aliphatic carbocycles. The van der Waals surface area contributed by atoms with E-state index in [1.807, 2.05) is 42.2 Å². The van der Waals surface area contributed by atoms with Crippen molar-refractivity contribution >= 4 is 22.6 Å². The van der Waals surface area contributed by atoms with Crippen LogP contribution in [0.5, 0.6) is 0 Å². The van der Waals surface area contributed by atoms with E-state index in [0.717, 1.165) is 22.2 Å². The fourth-order valence-corrected chi connectivity index (χ4v) is 2.79. The van der Waals surface area contributed by atoms with Crippen LogP contribution in [0.2, 0.25) is 5.22 Å². The molecular weight excluding hydrogens is 286 g/mol. The van der Waals surface area contributed by atoms with Gasteiger partial charge in [-0.3, -0.25) is 4.68 Å². The largest absolute Gasteiger partial charge is 0.444 e. The third kappa shape index (κ3) is 2.57. The van der Waals surface area contributed by atoms with E-state index in [1.54, 1.807) is 0 Å². The second kappa shape index (κ2) is 5.54. The quantitative estimate of drug-likeness (QED) is 0.793. The number of hydrogen-bond acceptors (Lipinski definition) is 3. The number of nitrogens with one attached hydrogen (secondary N) is 1. The molecule has 0 fully saturated rings. The van der Waals surface area contributed by atoms with Crippen LogP contribution in [0.4, 0.5) is 0 Å². The zero-order chi connectivity index (χ0) is 15.0. The van der Waals surface area contributed by atoms with Crippen LogP contribution in [0, 0.1) is 6.92 Å². The SMILES string of the molecule is Cc1c(C(C)NCc2c(Cl)oc3ccccc23)cnn1C. The molecule has 0 radical (unpaired) electrons. The van der Waals surface area contributed by atoms with Crippen molar-refractivity contribution in [3.63, 3.8) is 0 Å². The van der Waals surface area contributed by atoms with Crippen LogP contribution in [0.3, 0.4) is 0 Å². The summed E-state index contributed by atoms with van der Waals surface area (Å²) in [5.74, 6) is 0. The Bertz CT molecular complexity index is 775. The van der Waals surface area contributed by atoms with Gasteiger partial charge < -0.3 is 9.73 Å². The highest BCUT2D eigenvalue weighted by Gasteiger charge is 2.15.